The van der Waals surface area contributed by atoms with Crippen LogP contribution in [0.3, 0.4) is 0 Å². The van der Waals surface area contributed by atoms with Gasteiger partial charge in [-0.1, -0.05) is 0 Å². The van der Waals surface area contributed by atoms with E-state index in [4.69, 9.17) is 14.7 Å². The molecule has 0 aromatic rings. The van der Waals surface area contributed by atoms with E-state index in [1.54, 1.807) is 0 Å². The molecule has 0 aromatic carbocycles. The summed E-state index contributed by atoms with van der Waals surface area (Å²) in [7, 11) is -23.7. The quantitative estimate of drug-likeness (QED) is 0.276. The largest absolute Gasteiger partial charge is 1.00 e. The normalized spacial score (nSPS) is 17.5. The fourth-order valence-corrected chi connectivity index (χ4v) is 4.25. The van der Waals surface area contributed by atoms with Gasteiger partial charge in [0.25, 0.3) is 7.82 Å². The molecule has 13 nitrogen and oxygen atoms in total. The van der Waals surface area contributed by atoms with Crippen molar-refractivity contribution in [1.82, 2.24) is 0 Å². The number of hydrogen-bond donors (Lipinski definition) is 3. The van der Waals surface area contributed by atoms with Gasteiger partial charge in [0, 0.05) is 0 Å². The van der Waals surface area contributed by atoms with Crippen LogP contribution in [0.5, 0.6) is 0 Å². The second-order valence-electron chi connectivity index (χ2n) is 2.10. The van der Waals surface area contributed by atoms with Crippen LogP contribution < -0.4 is 103 Å². The van der Waals surface area contributed by atoms with Gasteiger partial charge < -0.3 is 33.9 Å². The fraction of sp³-hybridized carbons (Fsp3) is 0. The summed E-state index contributed by atoms with van der Waals surface area (Å²) in [5.41, 5.74) is 0. The summed E-state index contributed by atoms with van der Waals surface area (Å²) in [5.74, 6) is 0. The second-order valence-corrected chi connectivity index (χ2v) is 7.77. The molecule has 0 saturated carbocycles. The van der Waals surface area contributed by atoms with Crippen LogP contribution in [0.1, 0.15) is 0 Å². The Labute approximate surface area is 178 Å². The van der Waals surface area contributed by atoms with Crippen molar-refractivity contribution >= 4 is 31.3 Å². The molecule has 0 aliphatic rings. The average molecular weight is 404 g/mol. The van der Waals surface area contributed by atoms with Crippen molar-refractivity contribution in [1.29, 1.82) is 0 Å². The molecule has 104 valence electrons. The zero-order valence-electron chi connectivity index (χ0n) is 10.2. The van der Waals surface area contributed by atoms with Gasteiger partial charge >= 0.3 is 104 Å². The van der Waals surface area contributed by atoms with Crippen LogP contribution in [-0.2, 0) is 31.2 Å². The first-order valence-electron chi connectivity index (χ1n) is 2.97. The molecule has 0 amide bonds. The summed E-state index contributed by atoms with van der Waals surface area (Å²) in [6.07, 6.45) is 0. The molecule has 0 aromatic heterocycles. The van der Waals surface area contributed by atoms with Gasteiger partial charge in [-0.25, -0.2) is 17.8 Å². The molecule has 0 fully saturated rings. The first-order chi connectivity index (χ1) is 7.12. The van der Waals surface area contributed by atoms with Crippen molar-refractivity contribution < 1.29 is 149 Å². The van der Waals surface area contributed by atoms with E-state index in [1.165, 1.54) is 0 Å². The van der Waals surface area contributed by atoms with Gasteiger partial charge in [0.2, 0.25) is 0 Å². The predicted molar refractivity (Wildman–Crippen MR) is 40.3 cm³/mol. The zero-order valence-corrected chi connectivity index (χ0v) is 19.8. The summed E-state index contributed by atoms with van der Waals surface area (Å²) < 4.78 is 49.7. The van der Waals surface area contributed by atoms with Crippen molar-refractivity contribution in [2.75, 3.05) is 0 Å². The Bertz CT molecular complexity index is 414. The van der Waals surface area contributed by atoms with Gasteiger partial charge in [0.05, 0.1) is 7.82 Å². The second kappa shape index (κ2) is 11.2. The molecular weight excluding hydrogens is 401 g/mol. The maximum Gasteiger partial charge on any atom is 1.00 e. The number of hydrogen-bond acceptors (Lipinski definition) is 10. The van der Waals surface area contributed by atoms with Crippen LogP contribution in [0.4, 0.5) is 0 Å². The standard InChI is InChI=1S/3Na.H6O13P4/c;;;1-14(2,3)11-16(7,8)13-17(9,10)12-15(4,5)6/h;;;(H,7,8)(H,9,10)(H2,1,2,3)(H2,4,5,6)/q3*+1;/p-3. The summed E-state index contributed by atoms with van der Waals surface area (Å²) >= 11 is 0. The van der Waals surface area contributed by atoms with Crippen molar-refractivity contribution in [2.24, 2.45) is 0 Å². The van der Waals surface area contributed by atoms with E-state index in [0.717, 1.165) is 0 Å². The molecule has 0 radical (unpaired) electrons. The smallest absolute Gasteiger partial charge is 0.789 e. The molecular formula is H3Na3O13P4. The molecule has 20 heteroatoms. The first kappa shape index (κ1) is 31.3. The molecule has 0 aliphatic carbocycles. The molecule has 0 spiro atoms. The molecule has 0 rings (SSSR count). The van der Waals surface area contributed by atoms with Gasteiger partial charge in [-0.15, -0.1) is 0 Å². The third-order valence-corrected chi connectivity index (χ3v) is 5.51. The van der Waals surface area contributed by atoms with Crippen molar-refractivity contribution in [3.8, 4) is 0 Å². The SMILES string of the molecule is O=P([O-])([O-])OP(=O)(O)OP(=O)([O-])OP(=O)(O)O.[Na+].[Na+].[Na+]. The van der Waals surface area contributed by atoms with E-state index < -0.39 is 31.3 Å². The Morgan fingerprint density at radius 2 is 1.05 bits per heavy atom. The van der Waals surface area contributed by atoms with Crippen LogP contribution in [0.2, 0.25) is 0 Å². The molecule has 0 bridgehead atoms. The summed E-state index contributed by atoms with van der Waals surface area (Å²) in [5, 5.41) is 0. The molecule has 0 aliphatic heterocycles. The van der Waals surface area contributed by atoms with Crippen molar-refractivity contribution in [3.63, 3.8) is 0 Å². The Morgan fingerprint density at radius 1 is 0.700 bits per heavy atom. The Kier molecular flexibility index (Phi) is 17.6. The van der Waals surface area contributed by atoms with Crippen LogP contribution in [0.15, 0.2) is 0 Å². The Hall–Kier alpha value is 3.56. The van der Waals surface area contributed by atoms with E-state index in [9.17, 15) is 32.9 Å². The van der Waals surface area contributed by atoms with Crippen molar-refractivity contribution in [2.45, 2.75) is 0 Å². The van der Waals surface area contributed by atoms with Crippen LogP contribution in [0, 0.1) is 0 Å². The third kappa shape index (κ3) is 19.6. The molecule has 20 heavy (non-hydrogen) atoms. The molecule has 3 N–H and O–H groups in total. The predicted octanol–water partition coefficient (Wildman–Crippen LogP) is -11.5. The zero-order chi connectivity index (χ0) is 14.1. The maximum atomic E-state index is 10.6. The van der Waals surface area contributed by atoms with E-state index in [-0.39, 0.29) is 88.7 Å². The van der Waals surface area contributed by atoms with Gasteiger partial charge in [-0.05, 0) is 0 Å². The van der Waals surface area contributed by atoms with E-state index in [0.29, 0.717) is 0 Å². The summed E-state index contributed by atoms with van der Waals surface area (Å²) in [6.45, 7) is 0. The van der Waals surface area contributed by atoms with E-state index >= 15 is 0 Å². The molecule has 2 atom stereocenters. The molecule has 2 unspecified atom stereocenters. The molecule has 0 saturated heterocycles. The third-order valence-electron chi connectivity index (χ3n) is 0.613. The minimum atomic E-state index is -6.07. The van der Waals surface area contributed by atoms with Crippen LogP contribution in [-0.4, -0.2) is 14.7 Å². The summed E-state index contributed by atoms with van der Waals surface area (Å²) in [6, 6.07) is 0. The topological polar surface area (TPSA) is 226 Å². The maximum absolute atomic E-state index is 10.6. The van der Waals surface area contributed by atoms with Crippen LogP contribution >= 0.6 is 31.3 Å². The van der Waals surface area contributed by atoms with Gasteiger partial charge in [0.15, 0.2) is 0 Å². The summed E-state index contributed by atoms with van der Waals surface area (Å²) in [4.78, 5) is 54.7. The Balaban J connectivity index is -0.000000427. The Morgan fingerprint density at radius 3 is 1.30 bits per heavy atom. The minimum absolute atomic E-state index is 0. The van der Waals surface area contributed by atoms with Gasteiger partial charge in [0.1, 0.15) is 0 Å². The monoisotopic (exact) mass is 404 g/mol. The van der Waals surface area contributed by atoms with Crippen LogP contribution in [0.25, 0.3) is 0 Å². The van der Waals surface area contributed by atoms with E-state index in [1.807, 2.05) is 0 Å². The van der Waals surface area contributed by atoms with Gasteiger partial charge in [-0.3, -0.25) is 8.88 Å². The van der Waals surface area contributed by atoms with E-state index in [2.05, 4.69) is 12.9 Å². The number of rotatable bonds is 6. The van der Waals surface area contributed by atoms with Gasteiger partial charge in [-0.2, -0.15) is 0 Å². The van der Waals surface area contributed by atoms with Crippen molar-refractivity contribution in [3.05, 3.63) is 0 Å². The first-order valence-corrected chi connectivity index (χ1v) is 8.92. The fourth-order valence-electron chi connectivity index (χ4n) is 0.413. The average Bonchev–Trinajstić information content (AvgIpc) is 1.65. The minimum Gasteiger partial charge on any atom is -0.789 e. The number of phosphoric acid groups is 4. The molecule has 0 heterocycles.